The highest BCUT2D eigenvalue weighted by Crippen LogP contribution is 2.39. The molecule has 0 aliphatic carbocycles. The topological polar surface area (TPSA) is 22.0 Å². The molecular weight excluding hydrogens is 282 g/mol. The largest absolute Gasteiger partial charge is 0.329 e. The lowest BCUT2D eigenvalue weighted by atomic mass is 10.0. The first kappa shape index (κ1) is 12.4. The van der Waals surface area contributed by atoms with Gasteiger partial charge in [-0.1, -0.05) is 41.9 Å². The predicted octanol–water partition coefficient (Wildman–Crippen LogP) is 4.48. The zero-order valence-corrected chi connectivity index (χ0v) is 11.9. The van der Waals surface area contributed by atoms with Crippen LogP contribution in [0.3, 0.4) is 0 Å². The van der Waals surface area contributed by atoms with E-state index < -0.39 is 0 Å². The van der Waals surface area contributed by atoms with E-state index >= 15 is 0 Å². The molecule has 0 fully saturated rings. The van der Waals surface area contributed by atoms with Gasteiger partial charge in [-0.25, -0.2) is 0 Å². The number of aromatic nitrogens is 1. The number of benzene rings is 2. The Hall–Kier alpha value is -2.32. The van der Waals surface area contributed by atoms with Crippen LogP contribution in [-0.4, -0.2) is 10.9 Å². The number of allylic oxidation sites excluding steroid dienone is 1. The van der Waals surface area contributed by atoms with E-state index in [9.17, 15) is 4.79 Å². The number of fused-ring (bicyclic) bond motifs is 3. The molecule has 1 aromatic heterocycles. The molecule has 1 aliphatic heterocycles. The van der Waals surface area contributed by atoms with Crippen molar-refractivity contribution in [2.24, 2.45) is 0 Å². The normalized spacial score (nSPS) is 16.8. The van der Waals surface area contributed by atoms with Gasteiger partial charge in [-0.2, -0.15) is 0 Å². The summed E-state index contributed by atoms with van der Waals surface area (Å²) in [5.74, 6) is 0. The highest BCUT2D eigenvalue weighted by atomic mass is 35.5. The maximum Gasteiger partial charge on any atom is 0.148 e. The van der Waals surface area contributed by atoms with Crippen LogP contribution in [0.15, 0.2) is 60.2 Å². The van der Waals surface area contributed by atoms with E-state index in [1.165, 1.54) is 5.39 Å². The van der Waals surface area contributed by atoms with Crippen molar-refractivity contribution >= 4 is 34.9 Å². The molecule has 0 radical (unpaired) electrons. The number of halogens is 1. The van der Waals surface area contributed by atoms with Crippen LogP contribution in [0.1, 0.15) is 17.3 Å². The minimum Gasteiger partial charge on any atom is -0.329 e. The summed E-state index contributed by atoms with van der Waals surface area (Å²) in [6.07, 6.45) is 2.91. The van der Waals surface area contributed by atoms with Crippen molar-refractivity contribution in [3.63, 3.8) is 0 Å². The van der Waals surface area contributed by atoms with Crippen LogP contribution in [0.5, 0.6) is 0 Å². The highest BCUT2D eigenvalue weighted by Gasteiger charge is 2.27. The fourth-order valence-electron chi connectivity index (χ4n) is 3.08. The molecule has 2 aromatic carbocycles. The van der Waals surface area contributed by atoms with E-state index in [0.717, 1.165) is 28.6 Å². The molecule has 1 aliphatic rings. The Morgan fingerprint density at radius 1 is 1.05 bits per heavy atom. The van der Waals surface area contributed by atoms with E-state index in [-0.39, 0.29) is 6.04 Å². The molecule has 3 aromatic rings. The van der Waals surface area contributed by atoms with E-state index in [4.69, 9.17) is 11.6 Å². The van der Waals surface area contributed by atoms with Gasteiger partial charge in [0.15, 0.2) is 0 Å². The lowest BCUT2D eigenvalue weighted by Gasteiger charge is -2.17. The van der Waals surface area contributed by atoms with E-state index in [1.807, 2.05) is 42.5 Å². The second-order valence-corrected chi connectivity index (χ2v) is 5.65. The van der Waals surface area contributed by atoms with Crippen molar-refractivity contribution in [3.05, 3.63) is 76.5 Å². The first-order valence-electron chi connectivity index (χ1n) is 6.80. The van der Waals surface area contributed by atoms with Crippen molar-refractivity contribution in [1.29, 1.82) is 0 Å². The number of para-hydroxylation sites is 1. The van der Waals surface area contributed by atoms with Gasteiger partial charge in [-0.05, 0) is 35.9 Å². The molecular formula is C18H12ClNO. The fourth-order valence-corrected chi connectivity index (χ4v) is 3.21. The molecule has 0 bridgehead atoms. The summed E-state index contributed by atoms with van der Waals surface area (Å²) in [6.45, 7) is 0. The van der Waals surface area contributed by atoms with Crippen LogP contribution in [0, 0.1) is 0 Å². The predicted molar refractivity (Wildman–Crippen MR) is 85.6 cm³/mol. The molecule has 102 valence electrons. The SMILES string of the molecule is O=CC1=Cc2cc3ccccc3n2[C@@H]1c1ccc(Cl)cc1. The van der Waals surface area contributed by atoms with Crippen LogP contribution in [0.2, 0.25) is 5.02 Å². The molecule has 4 rings (SSSR count). The summed E-state index contributed by atoms with van der Waals surface area (Å²) in [5.41, 5.74) is 4.05. The number of carbonyl (C=O) groups is 1. The molecule has 0 amide bonds. The molecule has 0 saturated heterocycles. The van der Waals surface area contributed by atoms with Crippen molar-refractivity contribution in [2.75, 3.05) is 0 Å². The molecule has 2 nitrogen and oxygen atoms in total. The first-order valence-corrected chi connectivity index (χ1v) is 7.18. The fraction of sp³-hybridized carbons (Fsp3) is 0.0556. The summed E-state index contributed by atoms with van der Waals surface area (Å²) >= 11 is 5.97. The van der Waals surface area contributed by atoms with Crippen LogP contribution >= 0.6 is 11.6 Å². The number of rotatable bonds is 2. The standard InChI is InChI=1S/C18H12ClNO/c19-15-7-5-12(6-8-15)18-14(11-21)10-16-9-13-3-1-2-4-17(13)20(16)18/h1-11,18H/t18-/m1/s1. The first-order chi connectivity index (χ1) is 10.3. The Bertz CT molecular complexity index is 874. The lowest BCUT2D eigenvalue weighted by Crippen LogP contribution is -2.10. The van der Waals surface area contributed by atoms with E-state index in [0.29, 0.717) is 5.02 Å². The van der Waals surface area contributed by atoms with Crippen molar-refractivity contribution in [1.82, 2.24) is 4.57 Å². The van der Waals surface area contributed by atoms with Crippen LogP contribution in [0.25, 0.3) is 17.0 Å². The quantitative estimate of drug-likeness (QED) is 0.639. The third-order valence-electron chi connectivity index (χ3n) is 3.99. The minimum absolute atomic E-state index is 0.0744. The number of hydrogen-bond donors (Lipinski definition) is 0. The Kier molecular flexibility index (Phi) is 2.72. The molecule has 1 atom stereocenters. The molecule has 0 saturated carbocycles. The molecule has 0 N–H and O–H groups in total. The Balaban J connectivity index is 1.97. The van der Waals surface area contributed by atoms with Gasteiger partial charge in [0, 0.05) is 27.2 Å². The third kappa shape index (κ3) is 1.83. The smallest absolute Gasteiger partial charge is 0.148 e. The summed E-state index contributed by atoms with van der Waals surface area (Å²) in [7, 11) is 0. The van der Waals surface area contributed by atoms with Gasteiger partial charge in [0.25, 0.3) is 0 Å². The van der Waals surface area contributed by atoms with Gasteiger partial charge in [0.1, 0.15) is 6.29 Å². The van der Waals surface area contributed by atoms with Gasteiger partial charge in [0.2, 0.25) is 0 Å². The van der Waals surface area contributed by atoms with Crippen LogP contribution < -0.4 is 0 Å². The zero-order chi connectivity index (χ0) is 14.4. The van der Waals surface area contributed by atoms with Gasteiger partial charge in [-0.15, -0.1) is 0 Å². The van der Waals surface area contributed by atoms with Gasteiger partial charge < -0.3 is 4.57 Å². The average molecular weight is 294 g/mol. The van der Waals surface area contributed by atoms with Gasteiger partial charge in [0.05, 0.1) is 6.04 Å². The molecule has 21 heavy (non-hydrogen) atoms. The lowest BCUT2D eigenvalue weighted by molar-refractivity contribution is -0.105. The molecule has 0 spiro atoms. The maximum atomic E-state index is 11.5. The molecule has 0 unspecified atom stereocenters. The summed E-state index contributed by atoms with van der Waals surface area (Å²) < 4.78 is 2.21. The summed E-state index contributed by atoms with van der Waals surface area (Å²) in [5, 5.41) is 1.89. The minimum atomic E-state index is -0.0744. The third-order valence-corrected chi connectivity index (χ3v) is 4.24. The van der Waals surface area contributed by atoms with Crippen molar-refractivity contribution in [3.8, 4) is 0 Å². The van der Waals surface area contributed by atoms with Crippen LogP contribution in [0.4, 0.5) is 0 Å². The number of aldehydes is 1. The Labute approximate surface area is 127 Å². The van der Waals surface area contributed by atoms with Gasteiger partial charge in [-0.3, -0.25) is 4.79 Å². The summed E-state index contributed by atoms with van der Waals surface area (Å²) in [6, 6.07) is 18.0. The van der Waals surface area contributed by atoms with Crippen molar-refractivity contribution in [2.45, 2.75) is 6.04 Å². The average Bonchev–Trinajstić information content (AvgIpc) is 3.03. The Morgan fingerprint density at radius 2 is 1.81 bits per heavy atom. The summed E-state index contributed by atoms with van der Waals surface area (Å²) in [4.78, 5) is 11.5. The highest BCUT2D eigenvalue weighted by molar-refractivity contribution is 6.30. The number of hydrogen-bond acceptors (Lipinski definition) is 1. The van der Waals surface area contributed by atoms with Crippen LogP contribution in [-0.2, 0) is 4.79 Å². The zero-order valence-electron chi connectivity index (χ0n) is 11.2. The van der Waals surface area contributed by atoms with E-state index in [2.05, 4.69) is 22.8 Å². The monoisotopic (exact) mass is 293 g/mol. The Morgan fingerprint density at radius 3 is 2.57 bits per heavy atom. The number of nitrogens with zero attached hydrogens (tertiary/aromatic N) is 1. The second kappa shape index (κ2) is 4.61. The molecule has 2 heterocycles. The number of carbonyl (C=O) groups excluding carboxylic acids is 1. The van der Waals surface area contributed by atoms with Crippen molar-refractivity contribution < 1.29 is 4.79 Å². The maximum absolute atomic E-state index is 11.5. The van der Waals surface area contributed by atoms with E-state index in [1.54, 1.807) is 0 Å². The van der Waals surface area contributed by atoms with Gasteiger partial charge >= 0.3 is 0 Å². The molecule has 3 heteroatoms. The second-order valence-electron chi connectivity index (χ2n) is 5.21.